The molecule has 3 heteroatoms. The molecule has 1 saturated carbocycles. The summed E-state index contributed by atoms with van der Waals surface area (Å²) >= 11 is 5.70. The van der Waals surface area contributed by atoms with Gasteiger partial charge in [-0.25, -0.2) is 0 Å². The molecule has 1 heterocycles. The van der Waals surface area contributed by atoms with Crippen LogP contribution in [0, 0.1) is 0 Å². The predicted octanol–water partition coefficient (Wildman–Crippen LogP) is 2.87. The fourth-order valence-corrected chi connectivity index (χ4v) is 1.82. The van der Waals surface area contributed by atoms with Gasteiger partial charge in [-0.3, -0.25) is 4.90 Å². The number of furan rings is 1. The van der Waals surface area contributed by atoms with E-state index in [0.717, 1.165) is 37.2 Å². The van der Waals surface area contributed by atoms with Crippen LogP contribution >= 0.6 is 11.6 Å². The van der Waals surface area contributed by atoms with E-state index in [0.29, 0.717) is 0 Å². The second-order valence-corrected chi connectivity index (χ2v) is 4.20. The third-order valence-electron chi connectivity index (χ3n) is 2.58. The van der Waals surface area contributed by atoms with Crippen molar-refractivity contribution in [2.24, 2.45) is 0 Å². The Hall–Kier alpha value is -0.470. The quantitative estimate of drug-likeness (QED) is 0.676. The molecule has 0 aliphatic heterocycles. The van der Waals surface area contributed by atoms with E-state index < -0.39 is 0 Å². The Balaban J connectivity index is 1.84. The van der Waals surface area contributed by atoms with Crippen LogP contribution in [-0.4, -0.2) is 23.4 Å². The van der Waals surface area contributed by atoms with Gasteiger partial charge in [0.15, 0.2) is 0 Å². The van der Waals surface area contributed by atoms with Gasteiger partial charge in [0.1, 0.15) is 5.76 Å². The summed E-state index contributed by atoms with van der Waals surface area (Å²) in [4.78, 5) is 2.47. The number of halogens is 1. The highest BCUT2D eigenvalue weighted by atomic mass is 35.5. The van der Waals surface area contributed by atoms with Crippen molar-refractivity contribution in [3.05, 3.63) is 24.2 Å². The van der Waals surface area contributed by atoms with E-state index in [1.165, 1.54) is 12.8 Å². The molecule has 0 spiro atoms. The minimum atomic E-state index is 0.751. The maximum absolute atomic E-state index is 5.70. The van der Waals surface area contributed by atoms with E-state index >= 15 is 0 Å². The summed E-state index contributed by atoms with van der Waals surface area (Å²) in [5, 5.41) is 0. The molecule has 2 rings (SSSR count). The Morgan fingerprint density at radius 1 is 1.50 bits per heavy atom. The molecule has 0 saturated heterocycles. The van der Waals surface area contributed by atoms with Crippen molar-refractivity contribution in [1.29, 1.82) is 0 Å². The first-order valence-corrected chi connectivity index (χ1v) is 5.76. The SMILES string of the molecule is ClCCCN(Cc1ccco1)C1CC1. The fourth-order valence-electron chi connectivity index (χ4n) is 1.70. The van der Waals surface area contributed by atoms with Crippen LogP contribution in [-0.2, 0) is 6.54 Å². The second-order valence-electron chi connectivity index (χ2n) is 3.82. The Kier molecular flexibility index (Phi) is 3.49. The molecule has 0 bridgehead atoms. The summed E-state index contributed by atoms with van der Waals surface area (Å²) in [6, 6.07) is 4.77. The third kappa shape index (κ3) is 2.76. The number of hydrogen-bond donors (Lipinski definition) is 0. The van der Waals surface area contributed by atoms with Crippen molar-refractivity contribution in [2.45, 2.75) is 31.8 Å². The molecule has 0 unspecified atom stereocenters. The number of rotatable bonds is 6. The summed E-state index contributed by atoms with van der Waals surface area (Å²) < 4.78 is 5.35. The minimum Gasteiger partial charge on any atom is -0.468 e. The lowest BCUT2D eigenvalue weighted by molar-refractivity contribution is 0.234. The van der Waals surface area contributed by atoms with Crippen LogP contribution in [0.4, 0.5) is 0 Å². The van der Waals surface area contributed by atoms with E-state index in [4.69, 9.17) is 16.0 Å². The van der Waals surface area contributed by atoms with Gasteiger partial charge in [-0.2, -0.15) is 0 Å². The van der Waals surface area contributed by atoms with E-state index in [1.807, 2.05) is 12.1 Å². The fraction of sp³-hybridized carbons (Fsp3) is 0.636. The highest BCUT2D eigenvalue weighted by molar-refractivity contribution is 6.17. The molecule has 1 aliphatic rings. The normalized spacial score (nSPS) is 16.4. The molecular formula is C11H16ClNO. The lowest BCUT2D eigenvalue weighted by atomic mass is 10.3. The first kappa shape index (κ1) is 10.1. The van der Waals surface area contributed by atoms with Gasteiger partial charge >= 0.3 is 0 Å². The average Bonchev–Trinajstić information content (AvgIpc) is 2.92. The Morgan fingerprint density at radius 3 is 2.93 bits per heavy atom. The summed E-state index contributed by atoms with van der Waals surface area (Å²) in [5.41, 5.74) is 0. The number of hydrogen-bond acceptors (Lipinski definition) is 2. The zero-order valence-corrected chi connectivity index (χ0v) is 9.04. The van der Waals surface area contributed by atoms with Gasteiger partial charge in [-0.05, 0) is 31.4 Å². The molecule has 0 amide bonds. The molecule has 1 aliphatic carbocycles. The molecule has 14 heavy (non-hydrogen) atoms. The third-order valence-corrected chi connectivity index (χ3v) is 2.85. The van der Waals surface area contributed by atoms with Gasteiger partial charge in [0.25, 0.3) is 0 Å². The summed E-state index contributed by atoms with van der Waals surface area (Å²) in [5.74, 6) is 1.81. The lowest BCUT2D eigenvalue weighted by Gasteiger charge is -2.19. The van der Waals surface area contributed by atoms with Crippen molar-refractivity contribution in [3.8, 4) is 0 Å². The monoisotopic (exact) mass is 213 g/mol. The van der Waals surface area contributed by atoms with Crippen LogP contribution in [0.25, 0.3) is 0 Å². The predicted molar refractivity (Wildman–Crippen MR) is 57.5 cm³/mol. The Labute approximate surface area is 89.8 Å². The summed E-state index contributed by atoms with van der Waals surface area (Å²) in [6.45, 7) is 2.03. The van der Waals surface area contributed by atoms with Crippen LogP contribution in [0.5, 0.6) is 0 Å². The van der Waals surface area contributed by atoms with Crippen LogP contribution in [0.3, 0.4) is 0 Å². The summed E-state index contributed by atoms with van der Waals surface area (Å²) in [7, 11) is 0. The van der Waals surface area contributed by atoms with Crippen molar-refractivity contribution in [2.75, 3.05) is 12.4 Å². The van der Waals surface area contributed by atoms with Gasteiger partial charge < -0.3 is 4.42 Å². The molecule has 0 N–H and O–H groups in total. The molecule has 0 aromatic carbocycles. The first-order valence-electron chi connectivity index (χ1n) is 5.22. The van der Waals surface area contributed by atoms with Crippen LogP contribution in [0.15, 0.2) is 22.8 Å². The van der Waals surface area contributed by atoms with Gasteiger partial charge in [0.05, 0.1) is 12.8 Å². The van der Waals surface area contributed by atoms with Crippen LogP contribution in [0.2, 0.25) is 0 Å². The highest BCUT2D eigenvalue weighted by Gasteiger charge is 2.28. The van der Waals surface area contributed by atoms with E-state index in [9.17, 15) is 0 Å². The lowest BCUT2D eigenvalue weighted by Crippen LogP contribution is -2.26. The molecule has 2 nitrogen and oxygen atoms in total. The van der Waals surface area contributed by atoms with Gasteiger partial charge in [0, 0.05) is 18.5 Å². The molecular weight excluding hydrogens is 198 g/mol. The van der Waals surface area contributed by atoms with Gasteiger partial charge in [-0.1, -0.05) is 0 Å². The van der Waals surface area contributed by atoms with Crippen molar-refractivity contribution >= 4 is 11.6 Å². The maximum Gasteiger partial charge on any atom is 0.117 e. The molecule has 1 aromatic rings. The molecule has 1 fully saturated rings. The smallest absolute Gasteiger partial charge is 0.117 e. The number of nitrogens with zero attached hydrogens (tertiary/aromatic N) is 1. The minimum absolute atomic E-state index is 0.751. The van der Waals surface area contributed by atoms with Gasteiger partial charge in [0.2, 0.25) is 0 Å². The van der Waals surface area contributed by atoms with Crippen LogP contribution in [0.1, 0.15) is 25.0 Å². The maximum atomic E-state index is 5.70. The summed E-state index contributed by atoms with van der Waals surface area (Å²) in [6.07, 6.45) is 5.48. The zero-order valence-electron chi connectivity index (χ0n) is 8.29. The standard InChI is InChI=1S/C11H16ClNO/c12-6-2-7-13(10-4-5-10)9-11-3-1-8-14-11/h1,3,8,10H,2,4-7,9H2. The van der Waals surface area contributed by atoms with Crippen molar-refractivity contribution in [1.82, 2.24) is 4.90 Å². The Morgan fingerprint density at radius 2 is 2.36 bits per heavy atom. The number of alkyl halides is 1. The molecule has 0 radical (unpaired) electrons. The molecule has 0 atom stereocenters. The second kappa shape index (κ2) is 4.85. The highest BCUT2D eigenvalue weighted by Crippen LogP contribution is 2.28. The topological polar surface area (TPSA) is 16.4 Å². The average molecular weight is 214 g/mol. The van der Waals surface area contributed by atoms with E-state index in [1.54, 1.807) is 6.26 Å². The first-order chi connectivity index (χ1) is 6.90. The van der Waals surface area contributed by atoms with Crippen LogP contribution < -0.4 is 0 Å². The van der Waals surface area contributed by atoms with Gasteiger partial charge in [-0.15, -0.1) is 11.6 Å². The largest absolute Gasteiger partial charge is 0.468 e. The van der Waals surface area contributed by atoms with Crippen molar-refractivity contribution < 1.29 is 4.42 Å². The molecule has 78 valence electrons. The van der Waals surface area contributed by atoms with E-state index in [2.05, 4.69) is 4.90 Å². The Bertz CT molecular complexity index is 256. The molecule has 1 aromatic heterocycles. The van der Waals surface area contributed by atoms with E-state index in [-0.39, 0.29) is 0 Å². The zero-order chi connectivity index (χ0) is 9.80. The van der Waals surface area contributed by atoms with Crippen molar-refractivity contribution in [3.63, 3.8) is 0 Å².